The van der Waals surface area contributed by atoms with Crippen LogP contribution in [0.5, 0.6) is 0 Å². The second kappa shape index (κ2) is 7.80. The van der Waals surface area contributed by atoms with Crippen molar-refractivity contribution in [3.63, 3.8) is 0 Å². The third kappa shape index (κ3) is 4.07. The maximum atomic E-state index is 6.40. The van der Waals surface area contributed by atoms with E-state index in [1.165, 1.54) is 24.8 Å². The van der Waals surface area contributed by atoms with Crippen LogP contribution in [0, 0.1) is 5.92 Å². The molecule has 0 saturated heterocycles. The monoisotopic (exact) mass is 275 g/mol. The van der Waals surface area contributed by atoms with Crippen molar-refractivity contribution in [2.75, 3.05) is 6.54 Å². The van der Waals surface area contributed by atoms with Gasteiger partial charge in [0.2, 0.25) is 0 Å². The second-order valence-electron chi connectivity index (χ2n) is 6.24. The summed E-state index contributed by atoms with van der Waals surface area (Å²) in [6, 6.07) is 11.1. The van der Waals surface area contributed by atoms with Crippen LogP contribution in [0.15, 0.2) is 30.3 Å². The van der Waals surface area contributed by atoms with Crippen molar-refractivity contribution in [3.8, 4) is 0 Å². The van der Waals surface area contributed by atoms with Crippen LogP contribution in [-0.4, -0.2) is 18.8 Å². The maximum absolute atomic E-state index is 6.40. The Morgan fingerprint density at radius 2 is 1.90 bits per heavy atom. The average molecular weight is 275 g/mol. The minimum Gasteiger partial charge on any atom is -0.373 e. The second-order valence-corrected chi connectivity index (χ2v) is 6.24. The van der Waals surface area contributed by atoms with Gasteiger partial charge in [-0.3, -0.25) is 0 Å². The Morgan fingerprint density at radius 1 is 1.20 bits per heavy atom. The number of nitrogens with one attached hydrogen (secondary N) is 1. The van der Waals surface area contributed by atoms with E-state index in [9.17, 15) is 0 Å². The molecule has 0 spiro atoms. The van der Waals surface area contributed by atoms with E-state index in [1.807, 2.05) is 0 Å². The zero-order valence-corrected chi connectivity index (χ0v) is 13.1. The molecule has 0 radical (unpaired) electrons. The highest BCUT2D eigenvalue weighted by molar-refractivity contribution is 5.20. The summed E-state index contributed by atoms with van der Waals surface area (Å²) in [6.07, 6.45) is 5.69. The molecular weight excluding hydrogens is 246 g/mol. The van der Waals surface area contributed by atoms with Crippen molar-refractivity contribution in [1.29, 1.82) is 0 Å². The first-order chi connectivity index (χ1) is 9.72. The van der Waals surface area contributed by atoms with Crippen LogP contribution in [0.1, 0.15) is 58.1 Å². The van der Waals surface area contributed by atoms with Gasteiger partial charge in [-0.2, -0.15) is 0 Å². The lowest BCUT2D eigenvalue weighted by atomic mass is 9.91. The van der Waals surface area contributed by atoms with Crippen molar-refractivity contribution >= 4 is 0 Å². The Kier molecular flexibility index (Phi) is 6.06. The van der Waals surface area contributed by atoms with Crippen LogP contribution in [0.4, 0.5) is 0 Å². The van der Waals surface area contributed by atoms with Gasteiger partial charge in [-0.15, -0.1) is 0 Å². The summed E-state index contributed by atoms with van der Waals surface area (Å²) in [5.41, 5.74) is 1.35. The molecule has 1 aliphatic rings. The molecule has 1 fully saturated rings. The van der Waals surface area contributed by atoms with Crippen LogP contribution in [0.25, 0.3) is 0 Å². The molecule has 1 N–H and O–H groups in total. The molecule has 112 valence electrons. The zero-order valence-electron chi connectivity index (χ0n) is 13.1. The van der Waals surface area contributed by atoms with Crippen LogP contribution in [0.2, 0.25) is 0 Å². The Bertz CT molecular complexity index is 372. The molecule has 20 heavy (non-hydrogen) atoms. The molecular formula is C18H29NO. The van der Waals surface area contributed by atoms with Gasteiger partial charge in [0.15, 0.2) is 0 Å². The van der Waals surface area contributed by atoms with Crippen LogP contribution < -0.4 is 5.32 Å². The first-order valence-electron chi connectivity index (χ1n) is 8.16. The normalized spacial score (nSPS) is 18.8. The van der Waals surface area contributed by atoms with E-state index in [1.54, 1.807) is 0 Å². The molecule has 2 nitrogen and oxygen atoms in total. The summed E-state index contributed by atoms with van der Waals surface area (Å²) < 4.78 is 6.40. The smallest absolute Gasteiger partial charge is 0.0796 e. The fourth-order valence-electron chi connectivity index (χ4n) is 2.73. The number of hydrogen-bond acceptors (Lipinski definition) is 2. The van der Waals surface area contributed by atoms with E-state index in [-0.39, 0.29) is 6.10 Å². The molecule has 2 atom stereocenters. The highest BCUT2D eigenvalue weighted by atomic mass is 16.5. The number of rotatable bonds is 8. The zero-order chi connectivity index (χ0) is 14.4. The van der Waals surface area contributed by atoms with Gasteiger partial charge in [0.25, 0.3) is 0 Å². The van der Waals surface area contributed by atoms with Gasteiger partial charge in [0.05, 0.1) is 18.2 Å². The highest BCUT2D eigenvalue weighted by Gasteiger charge is 2.31. The standard InChI is InChI=1S/C18H29NO/c1-4-13-19-17(15-9-6-5-7-10-15)18(14(2)3)20-16-11-8-12-16/h5-7,9-10,14,16-19H,4,8,11-13H2,1-3H3. The molecule has 0 bridgehead atoms. The molecule has 1 aromatic carbocycles. The highest BCUT2D eigenvalue weighted by Crippen LogP contribution is 2.31. The first kappa shape index (κ1) is 15.5. The quantitative estimate of drug-likeness (QED) is 0.763. The summed E-state index contributed by atoms with van der Waals surface area (Å²) in [6.45, 7) is 7.79. The SMILES string of the molecule is CCCNC(c1ccccc1)C(OC1CCC1)C(C)C. The van der Waals surface area contributed by atoms with E-state index in [2.05, 4.69) is 56.4 Å². The van der Waals surface area contributed by atoms with Crippen LogP contribution >= 0.6 is 0 Å². The van der Waals surface area contributed by atoms with E-state index >= 15 is 0 Å². The van der Waals surface area contributed by atoms with Gasteiger partial charge in [0.1, 0.15) is 0 Å². The lowest BCUT2D eigenvalue weighted by Crippen LogP contribution is -2.41. The van der Waals surface area contributed by atoms with Gasteiger partial charge in [-0.25, -0.2) is 0 Å². The van der Waals surface area contributed by atoms with E-state index < -0.39 is 0 Å². The van der Waals surface area contributed by atoms with Crippen LogP contribution in [-0.2, 0) is 4.74 Å². The molecule has 0 amide bonds. The Labute approximate surface area is 123 Å². The summed E-state index contributed by atoms with van der Waals surface area (Å²) in [4.78, 5) is 0. The van der Waals surface area contributed by atoms with Gasteiger partial charge < -0.3 is 10.1 Å². The molecule has 0 aromatic heterocycles. The molecule has 1 aliphatic carbocycles. The number of benzene rings is 1. The Morgan fingerprint density at radius 3 is 2.40 bits per heavy atom. The lowest BCUT2D eigenvalue weighted by Gasteiger charge is -2.37. The summed E-state index contributed by atoms with van der Waals surface area (Å²) in [5, 5.41) is 3.70. The average Bonchev–Trinajstić information content (AvgIpc) is 2.41. The molecule has 2 rings (SSSR count). The van der Waals surface area contributed by atoms with E-state index in [0.717, 1.165) is 13.0 Å². The predicted molar refractivity (Wildman–Crippen MR) is 84.8 cm³/mol. The lowest BCUT2D eigenvalue weighted by molar-refractivity contribution is -0.0861. The number of hydrogen-bond donors (Lipinski definition) is 1. The molecule has 2 heteroatoms. The molecule has 1 saturated carbocycles. The topological polar surface area (TPSA) is 21.3 Å². The summed E-state index contributed by atoms with van der Waals surface area (Å²) >= 11 is 0. The largest absolute Gasteiger partial charge is 0.373 e. The van der Waals surface area contributed by atoms with Crippen molar-refractivity contribution in [2.24, 2.45) is 5.92 Å². The minimum atomic E-state index is 0.259. The van der Waals surface area contributed by atoms with Crippen molar-refractivity contribution in [1.82, 2.24) is 5.32 Å². The third-order valence-electron chi connectivity index (χ3n) is 4.16. The first-order valence-corrected chi connectivity index (χ1v) is 8.16. The Balaban J connectivity index is 2.12. The van der Waals surface area contributed by atoms with Gasteiger partial charge in [0, 0.05) is 0 Å². The van der Waals surface area contributed by atoms with Gasteiger partial charge in [-0.1, -0.05) is 51.1 Å². The van der Waals surface area contributed by atoms with Crippen molar-refractivity contribution in [3.05, 3.63) is 35.9 Å². The minimum absolute atomic E-state index is 0.259. The van der Waals surface area contributed by atoms with E-state index in [4.69, 9.17) is 4.74 Å². The molecule has 2 unspecified atom stereocenters. The predicted octanol–water partition coefficient (Wildman–Crippen LogP) is 4.32. The van der Waals surface area contributed by atoms with Gasteiger partial charge >= 0.3 is 0 Å². The fourth-order valence-corrected chi connectivity index (χ4v) is 2.73. The van der Waals surface area contributed by atoms with E-state index in [0.29, 0.717) is 18.1 Å². The Hall–Kier alpha value is -0.860. The molecule has 0 heterocycles. The molecule has 0 aliphatic heterocycles. The number of ether oxygens (including phenoxy) is 1. The van der Waals surface area contributed by atoms with Crippen LogP contribution in [0.3, 0.4) is 0 Å². The maximum Gasteiger partial charge on any atom is 0.0796 e. The van der Waals surface area contributed by atoms with Crippen molar-refractivity contribution < 1.29 is 4.74 Å². The third-order valence-corrected chi connectivity index (χ3v) is 4.16. The van der Waals surface area contributed by atoms with Gasteiger partial charge in [-0.05, 0) is 43.7 Å². The fraction of sp³-hybridized carbons (Fsp3) is 0.667. The molecule has 1 aromatic rings. The van der Waals surface area contributed by atoms with Crippen molar-refractivity contribution in [2.45, 2.75) is 64.7 Å². The summed E-state index contributed by atoms with van der Waals surface area (Å²) in [7, 11) is 0. The summed E-state index contributed by atoms with van der Waals surface area (Å²) in [5.74, 6) is 0.519.